The van der Waals surface area contributed by atoms with Crippen molar-refractivity contribution in [2.75, 3.05) is 11.9 Å². The highest BCUT2D eigenvalue weighted by Gasteiger charge is 2.40. The molecule has 0 bridgehead atoms. The number of rotatable bonds is 2. The molecule has 1 aliphatic rings. The van der Waals surface area contributed by atoms with Crippen LogP contribution in [0.15, 0.2) is 30.3 Å². The van der Waals surface area contributed by atoms with Crippen LogP contribution >= 0.6 is 15.9 Å². The molecule has 1 heterocycles. The molecular formula is C10H10BrNO2. The van der Waals surface area contributed by atoms with E-state index in [0.29, 0.717) is 11.9 Å². The van der Waals surface area contributed by atoms with Crippen LogP contribution in [-0.2, 0) is 10.3 Å². The molecule has 74 valence electrons. The van der Waals surface area contributed by atoms with Gasteiger partial charge in [0.25, 0.3) is 0 Å². The van der Waals surface area contributed by atoms with Crippen LogP contribution in [0.25, 0.3) is 0 Å². The van der Waals surface area contributed by atoms with E-state index < -0.39 is 5.54 Å². The van der Waals surface area contributed by atoms with Crippen molar-refractivity contribution >= 4 is 22.0 Å². The van der Waals surface area contributed by atoms with Crippen molar-refractivity contribution in [2.24, 2.45) is 0 Å². The summed E-state index contributed by atoms with van der Waals surface area (Å²) in [6.45, 7) is 0.376. The minimum atomic E-state index is -0.404. The lowest BCUT2D eigenvalue weighted by atomic mass is 9.94. The first-order chi connectivity index (χ1) is 6.77. The monoisotopic (exact) mass is 255 g/mol. The number of nitrogens with one attached hydrogen (secondary N) is 1. The van der Waals surface area contributed by atoms with E-state index in [4.69, 9.17) is 4.74 Å². The predicted molar refractivity (Wildman–Crippen MR) is 56.4 cm³/mol. The molecule has 0 aromatic heterocycles. The molecule has 0 radical (unpaired) electrons. The van der Waals surface area contributed by atoms with Crippen molar-refractivity contribution in [1.82, 2.24) is 5.32 Å². The maximum Gasteiger partial charge on any atom is 0.408 e. The van der Waals surface area contributed by atoms with E-state index in [2.05, 4.69) is 21.2 Å². The second kappa shape index (κ2) is 3.61. The van der Waals surface area contributed by atoms with Gasteiger partial charge in [0.1, 0.15) is 12.1 Å². The summed E-state index contributed by atoms with van der Waals surface area (Å²) in [4.78, 5) is 11.0. The van der Waals surface area contributed by atoms with Gasteiger partial charge in [0.2, 0.25) is 0 Å². The Bertz CT molecular complexity index is 341. The lowest BCUT2D eigenvalue weighted by Gasteiger charge is -2.24. The van der Waals surface area contributed by atoms with E-state index in [1.54, 1.807) is 0 Å². The van der Waals surface area contributed by atoms with Gasteiger partial charge in [0.15, 0.2) is 0 Å². The molecule has 14 heavy (non-hydrogen) atoms. The average molecular weight is 256 g/mol. The molecule has 0 aliphatic carbocycles. The van der Waals surface area contributed by atoms with Gasteiger partial charge in [0.05, 0.1) is 0 Å². The summed E-state index contributed by atoms with van der Waals surface area (Å²) in [5.41, 5.74) is 0.654. The molecule has 1 fully saturated rings. The fraction of sp³-hybridized carbons (Fsp3) is 0.300. The zero-order valence-electron chi connectivity index (χ0n) is 7.50. The molecule has 3 nitrogen and oxygen atoms in total. The average Bonchev–Trinajstić information content (AvgIpc) is 2.63. The lowest BCUT2D eigenvalue weighted by molar-refractivity contribution is 0.173. The van der Waals surface area contributed by atoms with Crippen LogP contribution in [0.3, 0.4) is 0 Å². The first-order valence-corrected chi connectivity index (χ1v) is 5.45. The molecule has 1 N–H and O–H groups in total. The first-order valence-electron chi connectivity index (χ1n) is 4.33. The van der Waals surface area contributed by atoms with Gasteiger partial charge in [-0.3, -0.25) is 0 Å². The third-order valence-electron chi connectivity index (χ3n) is 2.35. The van der Waals surface area contributed by atoms with E-state index in [9.17, 15) is 4.79 Å². The van der Waals surface area contributed by atoms with E-state index in [1.165, 1.54) is 0 Å². The van der Waals surface area contributed by atoms with E-state index in [-0.39, 0.29) is 6.09 Å². The maximum absolute atomic E-state index is 11.0. The molecule has 0 spiro atoms. The Hall–Kier alpha value is -1.03. The third-order valence-corrected chi connectivity index (χ3v) is 3.30. The van der Waals surface area contributed by atoms with Gasteiger partial charge in [-0.1, -0.05) is 46.3 Å². The van der Waals surface area contributed by atoms with Gasteiger partial charge in [-0.25, -0.2) is 4.79 Å². The number of ether oxygens (including phenoxy) is 1. The number of hydrogen-bond donors (Lipinski definition) is 1. The fourth-order valence-electron chi connectivity index (χ4n) is 1.52. The Morgan fingerprint density at radius 1 is 1.43 bits per heavy atom. The largest absolute Gasteiger partial charge is 0.447 e. The number of carbonyl (C=O) groups excluding carboxylic acids is 1. The van der Waals surface area contributed by atoms with Gasteiger partial charge in [0, 0.05) is 5.33 Å². The second-order valence-electron chi connectivity index (χ2n) is 3.28. The number of alkyl carbamates (subject to hydrolysis) is 1. The molecule has 0 unspecified atom stereocenters. The Morgan fingerprint density at radius 2 is 2.14 bits per heavy atom. The van der Waals surface area contributed by atoms with Gasteiger partial charge >= 0.3 is 6.09 Å². The zero-order chi connectivity index (χ0) is 10.0. The summed E-state index contributed by atoms with van der Waals surface area (Å²) in [6.07, 6.45) is -0.353. The van der Waals surface area contributed by atoms with Gasteiger partial charge in [-0.15, -0.1) is 0 Å². The van der Waals surface area contributed by atoms with Gasteiger partial charge in [-0.05, 0) is 5.56 Å². The first kappa shape index (κ1) is 9.52. The zero-order valence-corrected chi connectivity index (χ0v) is 9.08. The summed E-state index contributed by atoms with van der Waals surface area (Å²) in [6, 6.07) is 9.81. The Balaban J connectivity index is 2.34. The van der Waals surface area contributed by atoms with Crippen LogP contribution in [0.2, 0.25) is 0 Å². The highest BCUT2D eigenvalue weighted by molar-refractivity contribution is 9.09. The van der Waals surface area contributed by atoms with Crippen molar-refractivity contribution in [1.29, 1.82) is 0 Å². The highest BCUT2D eigenvalue weighted by Crippen LogP contribution is 2.27. The van der Waals surface area contributed by atoms with Crippen LogP contribution in [-0.4, -0.2) is 18.0 Å². The Labute approximate surface area is 90.6 Å². The van der Waals surface area contributed by atoms with E-state index >= 15 is 0 Å². The molecule has 1 aromatic rings. The number of benzene rings is 1. The Morgan fingerprint density at radius 3 is 2.64 bits per heavy atom. The summed E-state index contributed by atoms with van der Waals surface area (Å²) in [5.74, 6) is 0. The molecule has 0 saturated carbocycles. The lowest BCUT2D eigenvalue weighted by Crippen LogP contribution is -2.42. The summed E-state index contributed by atoms with van der Waals surface area (Å²) >= 11 is 3.40. The van der Waals surface area contributed by atoms with Crippen molar-refractivity contribution in [3.05, 3.63) is 35.9 Å². The van der Waals surface area contributed by atoms with Crippen LogP contribution in [0.4, 0.5) is 4.79 Å². The number of carbonyl (C=O) groups is 1. The molecule has 2 rings (SSSR count). The maximum atomic E-state index is 11.0. The SMILES string of the molecule is O=C1N[C@](CBr)(c2ccccc2)CO1. The van der Waals surface area contributed by atoms with Crippen molar-refractivity contribution < 1.29 is 9.53 Å². The predicted octanol–water partition coefficient (Wildman–Crippen LogP) is 2.02. The summed E-state index contributed by atoms with van der Waals surface area (Å²) < 4.78 is 4.93. The number of alkyl halides is 1. The molecule has 4 heteroatoms. The van der Waals surface area contributed by atoms with Crippen molar-refractivity contribution in [3.63, 3.8) is 0 Å². The van der Waals surface area contributed by atoms with E-state index in [0.717, 1.165) is 5.56 Å². The minimum Gasteiger partial charge on any atom is -0.447 e. The standard InChI is InChI=1S/C10H10BrNO2/c11-6-10(7-14-9(13)12-10)8-4-2-1-3-5-8/h1-5H,6-7H2,(H,12,13)/t10-/m0/s1. The number of amides is 1. The number of halogens is 1. The van der Waals surface area contributed by atoms with Crippen molar-refractivity contribution in [3.8, 4) is 0 Å². The molecule has 1 amide bonds. The fourth-order valence-corrected chi connectivity index (χ4v) is 2.14. The van der Waals surface area contributed by atoms with Crippen LogP contribution in [0, 0.1) is 0 Å². The number of hydrogen-bond acceptors (Lipinski definition) is 2. The van der Waals surface area contributed by atoms with Gasteiger partial charge < -0.3 is 10.1 Å². The topological polar surface area (TPSA) is 38.3 Å². The third kappa shape index (κ3) is 1.50. The van der Waals surface area contributed by atoms with Gasteiger partial charge in [-0.2, -0.15) is 0 Å². The minimum absolute atomic E-state index is 0.353. The van der Waals surface area contributed by atoms with Crippen LogP contribution < -0.4 is 5.32 Å². The normalized spacial score (nSPS) is 25.6. The molecule has 1 saturated heterocycles. The highest BCUT2D eigenvalue weighted by atomic mass is 79.9. The Kier molecular flexibility index (Phi) is 2.46. The smallest absolute Gasteiger partial charge is 0.408 e. The summed E-state index contributed by atoms with van der Waals surface area (Å²) in [5, 5.41) is 3.47. The molecule has 1 aliphatic heterocycles. The van der Waals surface area contributed by atoms with Crippen LogP contribution in [0.5, 0.6) is 0 Å². The summed E-state index contributed by atoms with van der Waals surface area (Å²) in [7, 11) is 0. The quantitative estimate of drug-likeness (QED) is 0.822. The molecule has 1 aromatic carbocycles. The van der Waals surface area contributed by atoms with Crippen LogP contribution in [0.1, 0.15) is 5.56 Å². The molecular weight excluding hydrogens is 246 g/mol. The second-order valence-corrected chi connectivity index (χ2v) is 3.84. The van der Waals surface area contributed by atoms with Crippen molar-refractivity contribution in [2.45, 2.75) is 5.54 Å². The number of cyclic esters (lactones) is 1. The molecule has 1 atom stereocenters. The van der Waals surface area contributed by atoms with E-state index in [1.807, 2.05) is 30.3 Å².